The number of ketones is 1. The number of Topliss-reactive ketones (excluding diaryl/α,β-unsaturated/α-hetero) is 1. The SMILES string of the molecule is COC(=O)c1c(C)[nH]c(C(=O)[C@@H](C)OC(=O)c2n[nH]c(=O)c3ccccc23)c1C. The van der Waals surface area contributed by atoms with Crippen LogP contribution in [0.2, 0.25) is 0 Å². The maximum Gasteiger partial charge on any atom is 0.360 e. The molecule has 1 aromatic carbocycles. The Morgan fingerprint density at radius 2 is 1.72 bits per heavy atom. The van der Waals surface area contributed by atoms with Gasteiger partial charge in [-0.2, -0.15) is 5.10 Å². The summed E-state index contributed by atoms with van der Waals surface area (Å²) in [7, 11) is 1.25. The second-order valence-electron chi connectivity index (χ2n) is 6.48. The molecule has 0 amide bonds. The molecule has 0 saturated heterocycles. The maximum absolute atomic E-state index is 12.8. The predicted molar refractivity (Wildman–Crippen MR) is 103 cm³/mol. The number of esters is 2. The number of carbonyl (C=O) groups is 3. The fraction of sp³-hybridized carbons (Fsp3) is 0.250. The summed E-state index contributed by atoms with van der Waals surface area (Å²) in [5, 5.41) is 6.62. The van der Waals surface area contributed by atoms with Gasteiger partial charge in [0.2, 0.25) is 5.78 Å². The van der Waals surface area contributed by atoms with E-state index in [1.54, 1.807) is 38.1 Å². The first kappa shape index (κ1) is 20.0. The van der Waals surface area contributed by atoms with Crippen LogP contribution < -0.4 is 5.56 Å². The molecule has 0 spiro atoms. The molecule has 0 radical (unpaired) electrons. The molecule has 29 heavy (non-hydrogen) atoms. The summed E-state index contributed by atoms with van der Waals surface area (Å²) < 4.78 is 10.0. The van der Waals surface area contributed by atoms with E-state index in [4.69, 9.17) is 9.47 Å². The van der Waals surface area contributed by atoms with E-state index in [9.17, 15) is 19.2 Å². The van der Waals surface area contributed by atoms with Gasteiger partial charge in [0.25, 0.3) is 5.56 Å². The summed E-state index contributed by atoms with van der Waals surface area (Å²) >= 11 is 0. The van der Waals surface area contributed by atoms with Crippen molar-refractivity contribution in [3.8, 4) is 0 Å². The monoisotopic (exact) mass is 397 g/mol. The fourth-order valence-corrected chi connectivity index (χ4v) is 3.15. The van der Waals surface area contributed by atoms with Crippen LogP contribution in [0.25, 0.3) is 10.8 Å². The third-order valence-corrected chi connectivity index (χ3v) is 4.62. The summed E-state index contributed by atoms with van der Waals surface area (Å²) in [5.74, 6) is -1.93. The molecule has 150 valence electrons. The fourth-order valence-electron chi connectivity index (χ4n) is 3.15. The van der Waals surface area contributed by atoms with Crippen molar-refractivity contribution in [2.24, 2.45) is 0 Å². The van der Waals surface area contributed by atoms with Gasteiger partial charge in [-0.3, -0.25) is 9.59 Å². The Kier molecular flexibility index (Phi) is 5.31. The van der Waals surface area contributed by atoms with Gasteiger partial charge in [-0.25, -0.2) is 14.7 Å². The zero-order chi connectivity index (χ0) is 21.3. The van der Waals surface area contributed by atoms with Crippen LogP contribution >= 0.6 is 0 Å². The van der Waals surface area contributed by atoms with Gasteiger partial charge in [-0.05, 0) is 32.4 Å². The maximum atomic E-state index is 12.8. The highest BCUT2D eigenvalue weighted by Gasteiger charge is 2.28. The zero-order valence-electron chi connectivity index (χ0n) is 16.3. The Labute approximate surface area is 165 Å². The molecule has 2 N–H and O–H groups in total. The van der Waals surface area contributed by atoms with Gasteiger partial charge in [0.15, 0.2) is 11.8 Å². The van der Waals surface area contributed by atoms with E-state index < -0.39 is 29.4 Å². The Balaban J connectivity index is 1.88. The number of ether oxygens (including phenoxy) is 2. The third kappa shape index (κ3) is 3.54. The molecular weight excluding hydrogens is 378 g/mol. The molecule has 1 atom stereocenters. The highest BCUT2D eigenvalue weighted by molar-refractivity contribution is 6.06. The zero-order valence-corrected chi connectivity index (χ0v) is 16.3. The molecule has 3 rings (SSSR count). The average molecular weight is 397 g/mol. The van der Waals surface area contributed by atoms with E-state index in [2.05, 4.69) is 15.2 Å². The van der Waals surface area contributed by atoms with E-state index in [-0.39, 0.29) is 22.3 Å². The van der Waals surface area contributed by atoms with E-state index in [0.29, 0.717) is 16.6 Å². The van der Waals surface area contributed by atoms with Gasteiger partial charge in [-0.15, -0.1) is 0 Å². The second kappa shape index (κ2) is 7.70. The summed E-state index contributed by atoms with van der Waals surface area (Å²) in [5.41, 5.74) is 0.771. The number of aromatic nitrogens is 3. The second-order valence-corrected chi connectivity index (χ2v) is 6.48. The van der Waals surface area contributed by atoms with Crippen LogP contribution in [0.5, 0.6) is 0 Å². The van der Waals surface area contributed by atoms with Gasteiger partial charge < -0.3 is 14.5 Å². The number of aryl methyl sites for hydroxylation is 1. The molecule has 9 heteroatoms. The van der Waals surface area contributed by atoms with Crippen LogP contribution in [0.4, 0.5) is 0 Å². The lowest BCUT2D eigenvalue weighted by Gasteiger charge is -2.12. The van der Waals surface area contributed by atoms with Crippen molar-refractivity contribution in [2.75, 3.05) is 7.11 Å². The van der Waals surface area contributed by atoms with Crippen molar-refractivity contribution in [2.45, 2.75) is 26.9 Å². The van der Waals surface area contributed by atoms with Gasteiger partial charge in [0, 0.05) is 11.1 Å². The molecule has 0 bridgehead atoms. The third-order valence-electron chi connectivity index (χ3n) is 4.62. The molecule has 0 aliphatic rings. The summed E-state index contributed by atoms with van der Waals surface area (Å²) in [6, 6.07) is 6.45. The number of nitrogens with zero attached hydrogens (tertiary/aromatic N) is 1. The number of hydrogen-bond donors (Lipinski definition) is 2. The standard InChI is InChI=1S/C20H19N3O6/c1-9-14(19(26)28-4)10(2)21-15(9)17(24)11(3)29-20(27)16-12-7-5-6-8-13(12)18(25)23-22-16/h5-8,11,21H,1-4H3,(H,23,25)/t11-/m1/s1. The lowest BCUT2D eigenvalue weighted by atomic mass is 10.1. The quantitative estimate of drug-likeness (QED) is 0.498. The normalized spacial score (nSPS) is 11.9. The largest absolute Gasteiger partial charge is 0.465 e. The minimum Gasteiger partial charge on any atom is -0.465 e. The number of fused-ring (bicyclic) bond motifs is 1. The molecule has 9 nitrogen and oxygen atoms in total. The Bertz CT molecular complexity index is 1190. The topological polar surface area (TPSA) is 131 Å². The van der Waals surface area contributed by atoms with Gasteiger partial charge in [0.1, 0.15) is 0 Å². The van der Waals surface area contributed by atoms with Crippen LogP contribution in [0.15, 0.2) is 29.1 Å². The Morgan fingerprint density at radius 1 is 1.07 bits per heavy atom. The number of rotatable bonds is 5. The summed E-state index contributed by atoms with van der Waals surface area (Å²) in [4.78, 5) is 52.0. The van der Waals surface area contributed by atoms with E-state index in [1.165, 1.54) is 14.0 Å². The van der Waals surface area contributed by atoms with Crippen molar-refractivity contribution in [3.63, 3.8) is 0 Å². The first-order valence-electron chi connectivity index (χ1n) is 8.76. The van der Waals surface area contributed by atoms with E-state index >= 15 is 0 Å². The number of nitrogens with one attached hydrogen (secondary N) is 2. The first-order valence-corrected chi connectivity index (χ1v) is 8.76. The van der Waals surface area contributed by atoms with E-state index in [0.717, 1.165) is 0 Å². The van der Waals surface area contributed by atoms with E-state index in [1.807, 2.05) is 0 Å². The Morgan fingerprint density at radius 3 is 2.38 bits per heavy atom. The number of benzene rings is 1. The molecule has 2 heterocycles. The molecular formula is C20H19N3O6. The minimum atomic E-state index is -1.16. The minimum absolute atomic E-state index is 0.102. The highest BCUT2D eigenvalue weighted by Crippen LogP contribution is 2.21. The number of aromatic amines is 2. The van der Waals surface area contributed by atoms with Crippen molar-refractivity contribution in [3.05, 3.63) is 62.8 Å². The molecule has 0 saturated carbocycles. The summed E-state index contributed by atoms with van der Waals surface area (Å²) in [6.45, 7) is 4.67. The van der Waals surface area contributed by atoms with Crippen LogP contribution in [-0.2, 0) is 9.47 Å². The van der Waals surface area contributed by atoms with Gasteiger partial charge in [-0.1, -0.05) is 18.2 Å². The van der Waals surface area contributed by atoms with Crippen LogP contribution in [-0.4, -0.2) is 46.1 Å². The number of H-pyrrole nitrogens is 2. The van der Waals surface area contributed by atoms with Gasteiger partial charge in [0.05, 0.1) is 23.8 Å². The van der Waals surface area contributed by atoms with Gasteiger partial charge >= 0.3 is 11.9 Å². The molecule has 0 fully saturated rings. The molecule has 3 aromatic rings. The van der Waals surface area contributed by atoms with Crippen molar-refractivity contribution < 1.29 is 23.9 Å². The Hall–Kier alpha value is -3.75. The van der Waals surface area contributed by atoms with Crippen molar-refractivity contribution in [1.29, 1.82) is 0 Å². The predicted octanol–water partition coefficient (Wildman–Crippen LogP) is 2.08. The molecule has 0 aliphatic heterocycles. The summed E-state index contributed by atoms with van der Waals surface area (Å²) in [6.07, 6.45) is -1.16. The molecule has 0 unspecified atom stereocenters. The van der Waals surface area contributed by atoms with Crippen molar-refractivity contribution >= 4 is 28.5 Å². The lowest BCUT2D eigenvalue weighted by Crippen LogP contribution is -2.26. The number of carbonyl (C=O) groups excluding carboxylic acids is 3. The van der Waals surface area contributed by atoms with Crippen molar-refractivity contribution in [1.82, 2.24) is 15.2 Å². The van der Waals surface area contributed by atoms with Crippen LogP contribution in [0, 0.1) is 13.8 Å². The molecule has 2 aromatic heterocycles. The highest BCUT2D eigenvalue weighted by atomic mass is 16.5. The average Bonchev–Trinajstić information content (AvgIpc) is 3.01. The number of methoxy groups -OCH3 is 1. The first-order chi connectivity index (χ1) is 13.8. The smallest absolute Gasteiger partial charge is 0.360 e. The number of hydrogen-bond acceptors (Lipinski definition) is 7. The molecule has 0 aliphatic carbocycles. The van der Waals surface area contributed by atoms with Crippen LogP contribution in [0.1, 0.15) is 49.5 Å². The van der Waals surface area contributed by atoms with Crippen LogP contribution in [0.3, 0.4) is 0 Å². The lowest BCUT2D eigenvalue weighted by molar-refractivity contribution is 0.0312.